The maximum absolute atomic E-state index is 12.2. The molecule has 1 aliphatic carbocycles. The van der Waals surface area contributed by atoms with Crippen LogP contribution in [0.15, 0.2) is 17.4 Å². The number of pyridine rings is 1. The second-order valence-corrected chi connectivity index (χ2v) is 7.69. The highest BCUT2D eigenvalue weighted by Crippen LogP contribution is 2.26. The van der Waals surface area contributed by atoms with Gasteiger partial charge in [-0.3, -0.25) is 9.20 Å². The van der Waals surface area contributed by atoms with E-state index in [1.165, 1.54) is 31.0 Å². The molecule has 2 heterocycles. The van der Waals surface area contributed by atoms with Crippen molar-refractivity contribution in [3.05, 3.63) is 22.3 Å². The van der Waals surface area contributed by atoms with Gasteiger partial charge in [0.1, 0.15) is 0 Å². The highest BCUT2D eigenvalue weighted by Gasteiger charge is 2.23. The fourth-order valence-electron chi connectivity index (χ4n) is 2.91. The third-order valence-electron chi connectivity index (χ3n) is 4.19. The van der Waals surface area contributed by atoms with Crippen LogP contribution in [0.4, 0.5) is 0 Å². The first-order valence-corrected chi connectivity index (χ1v) is 9.40. The summed E-state index contributed by atoms with van der Waals surface area (Å²) in [7, 11) is 0. The number of thioether (sulfide) groups is 1. The molecule has 0 spiro atoms. The molecule has 0 radical (unpaired) electrons. The van der Waals surface area contributed by atoms with Gasteiger partial charge in [-0.05, 0) is 24.8 Å². The number of aromatic nitrogens is 3. The average Bonchev–Trinajstić information content (AvgIpc) is 2.91. The van der Waals surface area contributed by atoms with Crippen molar-refractivity contribution in [2.75, 3.05) is 5.75 Å². The molecule has 0 aromatic carbocycles. The van der Waals surface area contributed by atoms with Crippen molar-refractivity contribution in [2.45, 2.75) is 43.8 Å². The Balaban J connectivity index is 1.63. The smallest absolute Gasteiger partial charge is 0.230 e. The molecule has 3 rings (SSSR count). The minimum absolute atomic E-state index is 0.0265. The van der Waals surface area contributed by atoms with E-state index in [-0.39, 0.29) is 11.9 Å². The van der Waals surface area contributed by atoms with E-state index >= 15 is 0 Å². The molecular formula is C15H18Cl2N4OS. The van der Waals surface area contributed by atoms with Crippen LogP contribution in [0.5, 0.6) is 0 Å². The number of rotatable bonds is 4. The Bertz CT molecular complexity index is 721. The first kappa shape index (κ1) is 16.9. The molecule has 2 aromatic rings. The zero-order chi connectivity index (χ0) is 16.4. The van der Waals surface area contributed by atoms with E-state index in [0.717, 1.165) is 6.42 Å². The molecule has 1 saturated carbocycles. The summed E-state index contributed by atoms with van der Waals surface area (Å²) in [4.78, 5) is 12.2. The molecule has 0 aliphatic heterocycles. The monoisotopic (exact) mass is 372 g/mol. The summed E-state index contributed by atoms with van der Waals surface area (Å²) < 4.78 is 1.71. The van der Waals surface area contributed by atoms with Gasteiger partial charge in [0.15, 0.2) is 10.8 Å². The van der Waals surface area contributed by atoms with E-state index in [4.69, 9.17) is 23.2 Å². The maximum Gasteiger partial charge on any atom is 0.230 e. The fraction of sp³-hybridized carbons (Fsp3) is 0.533. The van der Waals surface area contributed by atoms with Crippen molar-refractivity contribution >= 4 is 46.5 Å². The molecule has 2 aromatic heterocycles. The van der Waals surface area contributed by atoms with Crippen molar-refractivity contribution < 1.29 is 4.79 Å². The van der Waals surface area contributed by atoms with E-state index in [9.17, 15) is 4.79 Å². The summed E-state index contributed by atoms with van der Waals surface area (Å²) in [5, 5.41) is 12.8. The van der Waals surface area contributed by atoms with Gasteiger partial charge in [0.05, 0.1) is 15.8 Å². The Hall–Kier alpha value is -0.980. The predicted octanol–water partition coefficient (Wildman–Crippen LogP) is 3.82. The zero-order valence-corrected chi connectivity index (χ0v) is 15.1. The second kappa shape index (κ2) is 7.28. The number of carbonyl (C=O) groups is 1. The number of hydrogen-bond donors (Lipinski definition) is 1. The van der Waals surface area contributed by atoms with E-state index < -0.39 is 0 Å². The first-order chi connectivity index (χ1) is 11.0. The lowest BCUT2D eigenvalue weighted by Gasteiger charge is -2.29. The molecule has 124 valence electrons. The molecule has 8 heteroatoms. The average molecular weight is 373 g/mol. The van der Waals surface area contributed by atoms with E-state index in [0.29, 0.717) is 32.5 Å². The summed E-state index contributed by atoms with van der Waals surface area (Å²) in [5.74, 6) is 0.872. The predicted molar refractivity (Wildman–Crippen MR) is 93.3 cm³/mol. The van der Waals surface area contributed by atoms with Gasteiger partial charge in [0.25, 0.3) is 0 Å². The fourth-order valence-corrected chi connectivity index (χ4v) is 4.14. The molecule has 23 heavy (non-hydrogen) atoms. The SMILES string of the molecule is C[C@@H]1CCCC[C@H]1NC(=O)CSc1nnc2c(Cl)cc(Cl)cn12. The van der Waals surface area contributed by atoms with Gasteiger partial charge in [-0.15, -0.1) is 10.2 Å². The second-order valence-electron chi connectivity index (χ2n) is 5.91. The Morgan fingerprint density at radius 3 is 2.96 bits per heavy atom. The van der Waals surface area contributed by atoms with Crippen LogP contribution < -0.4 is 5.32 Å². The van der Waals surface area contributed by atoms with Crippen molar-refractivity contribution in [3.63, 3.8) is 0 Å². The Morgan fingerprint density at radius 2 is 2.17 bits per heavy atom. The van der Waals surface area contributed by atoms with Crippen LogP contribution in [-0.4, -0.2) is 32.3 Å². The van der Waals surface area contributed by atoms with Crippen LogP contribution in [0.25, 0.3) is 5.65 Å². The largest absolute Gasteiger partial charge is 0.352 e. The van der Waals surface area contributed by atoms with E-state index in [2.05, 4.69) is 22.4 Å². The number of carbonyl (C=O) groups excluding carboxylic acids is 1. The van der Waals surface area contributed by atoms with Gasteiger partial charge >= 0.3 is 0 Å². The van der Waals surface area contributed by atoms with Gasteiger partial charge in [0.2, 0.25) is 5.91 Å². The zero-order valence-electron chi connectivity index (χ0n) is 12.8. The quantitative estimate of drug-likeness (QED) is 0.828. The molecule has 0 saturated heterocycles. The van der Waals surface area contributed by atoms with E-state index in [1.54, 1.807) is 16.7 Å². The lowest BCUT2D eigenvalue weighted by atomic mass is 9.86. The lowest BCUT2D eigenvalue weighted by molar-refractivity contribution is -0.119. The van der Waals surface area contributed by atoms with Crippen LogP contribution in [0.2, 0.25) is 10.0 Å². The van der Waals surface area contributed by atoms with Crippen molar-refractivity contribution in [2.24, 2.45) is 5.92 Å². The molecule has 0 bridgehead atoms. The van der Waals surface area contributed by atoms with Crippen molar-refractivity contribution in [3.8, 4) is 0 Å². The topological polar surface area (TPSA) is 59.3 Å². The molecule has 2 atom stereocenters. The summed E-state index contributed by atoms with van der Waals surface area (Å²) >= 11 is 13.4. The van der Waals surface area contributed by atoms with Crippen LogP contribution in [0.1, 0.15) is 32.6 Å². The molecule has 5 nitrogen and oxygen atoms in total. The number of amides is 1. The van der Waals surface area contributed by atoms with Crippen LogP contribution in [0.3, 0.4) is 0 Å². The number of nitrogens with one attached hydrogen (secondary N) is 1. The van der Waals surface area contributed by atoms with Gasteiger partial charge < -0.3 is 5.32 Å². The normalized spacial score (nSPS) is 21.5. The van der Waals surface area contributed by atoms with E-state index in [1.807, 2.05) is 0 Å². The molecule has 0 unspecified atom stereocenters. The Labute approximate surface area is 149 Å². The number of nitrogens with zero attached hydrogens (tertiary/aromatic N) is 3. The van der Waals surface area contributed by atoms with Crippen molar-refractivity contribution in [1.82, 2.24) is 19.9 Å². The summed E-state index contributed by atoms with van der Waals surface area (Å²) in [6.45, 7) is 2.20. The van der Waals surface area contributed by atoms with Gasteiger partial charge in [-0.2, -0.15) is 0 Å². The lowest BCUT2D eigenvalue weighted by Crippen LogP contribution is -2.41. The summed E-state index contributed by atoms with van der Waals surface area (Å²) in [6, 6.07) is 1.91. The minimum atomic E-state index is 0.0265. The number of fused-ring (bicyclic) bond motifs is 1. The third-order valence-corrected chi connectivity index (χ3v) is 5.61. The highest BCUT2D eigenvalue weighted by molar-refractivity contribution is 7.99. The highest BCUT2D eigenvalue weighted by atomic mass is 35.5. The van der Waals surface area contributed by atoms with Gasteiger partial charge in [-0.25, -0.2) is 0 Å². The van der Waals surface area contributed by atoms with Gasteiger partial charge in [-0.1, -0.05) is 54.7 Å². The van der Waals surface area contributed by atoms with Gasteiger partial charge in [0, 0.05) is 12.2 Å². The molecular weight excluding hydrogens is 355 g/mol. The standard InChI is InChI=1S/C15H18Cl2N4OS/c1-9-4-2-3-5-12(9)18-13(22)8-23-15-20-19-14-11(17)6-10(16)7-21(14)15/h6-7,9,12H,2-5,8H2,1H3,(H,18,22)/t9-,12-/m1/s1. The molecule has 1 fully saturated rings. The van der Waals surface area contributed by atoms with Crippen LogP contribution in [0, 0.1) is 5.92 Å². The molecule has 1 amide bonds. The summed E-state index contributed by atoms with van der Waals surface area (Å²) in [6.07, 6.45) is 6.40. The van der Waals surface area contributed by atoms with Crippen LogP contribution in [-0.2, 0) is 4.79 Å². The number of halogens is 2. The molecule has 1 aliphatic rings. The van der Waals surface area contributed by atoms with Crippen LogP contribution >= 0.6 is 35.0 Å². The maximum atomic E-state index is 12.2. The molecule has 1 N–H and O–H groups in total. The Kier molecular flexibility index (Phi) is 5.34. The summed E-state index contributed by atoms with van der Waals surface area (Å²) in [5.41, 5.74) is 0.542. The first-order valence-electron chi connectivity index (χ1n) is 7.66. The number of hydrogen-bond acceptors (Lipinski definition) is 4. The van der Waals surface area contributed by atoms with Crippen molar-refractivity contribution in [1.29, 1.82) is 0 Å². The Morgan fingerprint density at radius 1 is 1.39 bits per heavy atom. The minimum Gasteiger partial charge on any atom is -0.352 e. The third kappa shape index (κ3) is 3.92.